The van der Waals surface area contributed by atoms with Gasteiger partial charge >= 0.3 is 0 Å². The summed E-state index contributed by atoms with van der Waals surface area (Å²) in [7, 11) is 1.86. The van der Waals surface area contributed by atoms with Gasteiger partial charge in [-0.25, -0.2) is 4.39 Å². The molecule has 0 saturated carbocycles. The maximum Gasteiger partial charge on any atom is 0.146 e. The summed E-state index contributed by atoms with van der Waals surface area (Å²) < 4.78 is 13.7. The average Bonchev–Trinajstić information content (AvgIpc) is 2.37. The zero-order valence-electron chi connectivity index (χ0n) is 12.2. The van der Waals surface area contributed by atoms with Gasteiger partial charge in [-0.2, -0.15) is 0 Å². The number of para-hydroxylation sites is 1. The second-order valence-electron chi connectivity index (χ2n) is 5.36. The first-order chi connectivity index (χ1) is 9.47. The van der Waals surface area contributed by atoms with Gasteiger partial charge in [-0.3, -0.25) is 0 Å². The predicted molar refractivity (Wildman–Crippen MR) is 82.5 cm³/mol. The first kappa shape index (κ1) is 14.5. The molecule has 1 atom stereocenters. The Hall–Kier alpha value is -1.87. The smallest absolute Gasteiger partial charge is 0.146 e. The monoisotopic (exact) mass is 272 g/mol. The summed E-state index contributed by atoms with van der Waals surface area (Å²) in [6.07, 6.45) is 0. The second kappa shape index (κ2) is 6.06. The third-order valence-electron chi connectivity index (χ3n) is 3.41. The van der Waals surface area contributed by atoms with Gasteiger partial charge in [0.25, 0.3) is 0 Å². The molecular weight excluding hydrogens is 251 g/mol. The molecule has 0 aromatic heterocycles. The van der Waals surface area contributed by atoms with Crippen molar-refractivity contribution in [2.75, 3.05) is 18.5 Å². The van der Waals surface area contributed by atoms with Gasteiger partial charge in [0.2, 0.25) is 0 Å². The Labute approximate surface area is 120 Å². The van der Waals surface area contributed by atoms with Gasteiger partial charge in [0.05, 0.1) is 5.69 Å². The van der Waals surface area contributed by atoms with E-state index in [2.05, 4.69) is 32.0 Å². The predicted octanol–water partition coefficient (Wildman–Crippen LogP) is 3.58. The first-order valence-electron chi connectivity index (χ1n) is 6.77. The second-order valence-corrected chi connectivity index (χ2v) is 5.36. The van der Waals surface area contributed by atoms with E-state index in [-0.39, 0.29) is 11.9 Å². The third kappa shape index (κ3) is 3.36. The van der Waals surface area contributed by atoms with Crippen LogP contribution < -0.4 is 10.6 Å². The van der Waals surface area contributed by atoms with Crippen LogP contribution in [0.2, 0.25) is 0 Å². The molecule has 0 aliphatic heterocycles. The van der Waals surface area contributed by atoms with E-state index in [1.54, 1.807) is 12.1 Å². The quantitative estimate of drug-likeness (QED) is 0.921. The SMILES string of the molecule is Cc1cc(C)cc(C(N)CN(C)c2ccccc2F)c1. The van der Waals surface area contributed by atoms with Crippen LogP contribution in [0.15, 0.2) is 42.5 Å². The first-order valence-corrected chi connectivity index (χ1v) is 6.77. The van der Waals surface area contributed by atoms with Crippen LogP contribution >= 0.6 is 0 Å². The molecule has 106 valence electrons. The summed E-state index contributed by atoms with van der Waals surface area (Å²) >= 11 is 0. The maximum absolute atomic E-state index is 13.7. The van der Waals surface area contributed by atoms with Crippen molar-refractivity contribution in [2.24, 2.45) is 5.73 Å². The highest BCUT2D eigenvalue weighted by Crippen LogP contribution is 2.21. The van der Waals surface area contributed by atoms with Crippen LogP contribution in [-0.2, 0) is 0 Å². The van der Waals surface area contributed by atoms with Crippen molar-refractivity contribution < 1.29 is 4.39 Å². The van der Waals surface area contributed by atoms with Gasteiger partial charge < -0.3 is 10.6 Å². The third-order valence-corrected chi connectivity index (χ3v) is 3.41. The molecule has 2 rings (SSSR count). The van der Waals surface area contributed by atoms with E-state index < -0.39 is 0 Å². The molecule has 2 N–H and O–H groups in total. The Morgan fingerprint density at radius 2 is 1.70 bits per heavy atom. The molecular formula is C17H21FN2. The van der Waals surface area contributed by atoms with Crippen molar-refractivity contribution in [3.8, 4) is 0 Å². The van der Waals surface area contributed by atoms with Gasteiger partial charge in [-0.1, -0.05) is 41.5 Å². The topological polar surface area (TPSA) is 29.3 Å². The number of hydrogen-bond donors (Lipinski definition) is 1. The Bertz CT molecular complexity index is 575. The number of nitrogens with two attached hydrogens (primary N) is 1. The molecule has 0 saturated heterocycles. The minimum atomic E-state index is -0.220. The highest BCUT2D eigenvalue weighted by atomic mass is 19.1. The minimum Gasteiger partial charge on any atom is -0.370 e. The number of nitrogens with zero attached hydrogens (tertiary/aromatic N) is 1. The van der Waals surface area contributed by atoms with Crippen molar-refractivity contribution in [1.82, 2.24) is 0 Å². The van der Waals surface area contributed by atoms with Crippen molar-refractivity contribution in [3.63, 3.8) is 0 Å². The largest absolute Gasteiger partial charge is 0.370 e. The van der Waals surface area contributed by atoms with Crippen LogP contribution in [0.5, 0.6) is 0 Å². The maximum atomic E-state index is 13.7. The standard InChI is InChI=1S/C17H21FN2/c1-12-8-13(2)10-14(9-12)16(19)11-20(3)17-7-5-4-6-15(17)18/h4-10,16H,11,19H2,1-3H3. The fourth-order valence-corrected chi connectivity index (χ4v) is 2.48. The summed E-state index contributed by atoms with van der Waals surface area (Å²) in [5.74, 6) is -0.220. The zero-order valence-corrected chi connectivity index (χ0v) is 12.2. The molecule has 2 aromatic rings. The number of anilines is 1. The van der Waals surface area contributed by atoms with Crippen molar-refractivity contribution in [1.29, 1.82) is 0 Å². The number of hydrogen-bond acceptors (Lipinski definition) is 2. The normalized spacial score (nSPS) is 12.2. The Kier molecular flexibility index (Phi) is 4.40. The van der Waals surface area contributed by atoms with Gasteiger partial charge in [0.15, 0.2) is 0 Å². The fourth-order valence-electron chi connectivity index (χ4n) is 2.48. The minimum absolute atomic E-state index is 0.141. The van der Waals surface area contributed by atoms with E-state index in [1.165, 1.54) is 17.2 Å². The molecule has 0 bridgehead atoms. The Morgan fingerprint density at radius 3 is 2.30 bits per heavy atom. The van der Waals surface area contributed by atoms with Gasteiger partial charge in [0, 0.05) is 19.6 Å². The van der Waals surface area contributed by atoms with E-state index in [4.69, 9.17) is 5.73 Å². The molecule has 0 fully saturated rings. The van der Waals surface area contributed by atoms with E-state index in [1.807, 2.05) is 18.0 Å². The molecule has 0 amide bonds. The molecule has 1 unspecified atom stereocenters. The molecule has 0 radical (unpaired) electrons. The van der Waals surface area contributed by atoms with Crippen LogP contribution in [0.4, 0.5) is 10.1 Å². The lowest BCUT2D eigenvalue weighted by Gasteiger charge is -2.24. The van der Waals surface area contributed by atoms with Gasteiger partial charge in [-0.15, -0.1) is 0 Å². The van der Waals surface area contributed by atoms with Gasteiger partial charge in [0.1, 0.15) is 5.82 Å². The number of benzene rings is 2. The van der Waals surface area contributed by atoms with E-state index in [0.29, 0.717) is 12.2 Å². The number of likely N-dealkylation sites (N-methyl/N-ethyl adjacent to an activating group) is 1. The average molecular weight is 272 g/mol. The highest BCUT2D eigenvalue weighted by Gasteiger charge is 2.13. The van der Waals surface area contributed by atoms with Crippen LogP contribution in [0.3, 0.4) is 0 Å². The zero-order chi connectivity index (χ0) is 14.7. The summed E-state index contributed by atoms with van der Waals surface area (Å²) in [5, 5.41) is 0. The Balaban J connectivity index is 2.15. The van der Waals surface area contributed by atoms with Crippen LogP contribution in [0, 0.1) is 19.7 Å². The van der Waals surface area contributed by atoms with Crippen LogP contribution in [-0.4, -0.2) is 13.6 Å². The Morgan fingerprint density at radius 1 is 1.10 bits per heavy atom. The lowest BCUT2D eigenvalue weighted by molar-refractivity contribution is 0.614. The lowest BCUT2D eigenvalue weighted by atomic mass is 10.0. The molecule has 2 nitrogen and oxygen atoms in total. The fraction of sp³-hybridized carbons (Fsp3) is 0.294. The number of halogens is 1. The summed E-state index contributed by atoms with van der Waals surface area (Å²) in [6, 6.07) is 12.9. The number of rotatable bonds is 4. The summed E-state index contributed by atoms with van der Waals surface area (Å²) in [6.45, 7) is 4.69. The van der Waals surface area contributed by atoms with E-state index >= 15 is 0 Å². The van der Waals surface area contributed by atoms with E-state index in [0.717, 1.165) is 5.56 Å². The molecule has 3 heteroatoms. The molecule has 0 spiro atoms. The van der Waals surface area contributed by atoms with Crippen LogP contribution in [0.25, 0.3) is 0 Å². The molecule has 2 aromatic carbocycles. The summed E-state index contributed by atoms with van der Waals surface area (Å²) in [4.78, 5) is 1.86. The van der Waals surface area contributed by atoms with Gasteiger partial charge in [-0.05, 0) is 31.5 Å². The molecule has 0 aliphatic rings. The van der Waals surface area contributed by atoms with Crippen LogP contribution in [0.1, 0.15) is 22.7 Å². The summed E-state index contributed by atoms with van der Waals surface area (Å²) in [5.41, 5.74) is 10.3. The lowest BCUT2D eigenvalue weighted by Crippen LogP contribution is -2.29. The molecule has 20 heavy (non-hydrogen) atoms. The van der Waals surface area contributed by atoms with Crippen molar-refractivity contribution in [3.05, 3.63) is 65.0 Å². The van der Waals surface area contributed by atoms with E-state index in [9.17, 15) is 4.39 Å². The highest BCUT2D eigenvalue weighted by molar-refractivity contribution is 5.47. The molecule has 0 aliphatic carbocycles. The van der Waals surface area contributed by atoms with Crippen molar-refractivity contribution in [2.45, 2.75) is 19.9 Å². The molecule has 0 heterocycles. The number of aryl methyl sites for hydroxylation is 2. The van der Waals surface area contributed by atoms with Crippen molar-refractivity contribution >= 4 is 5.69 Å².